The Kier molecular flexibility index (Phi) is 4.89. The SMILES string of the molecule is C[C@H](Sc1nnc(N)s1)C(=O)Nc1nc(-c2ccccc2)cs1. The van der Waals surface area contributed by atoms with Crippen LogP contribution >= 0.6 is 34.4 Å². The van der Waals surface area contributed by atoms with Crippen LogP contribution in [0.5, 0.6) is 0 Å². The minimum Gasteiger partial charge on any atom is -0.374 e. The van der Waals surface area contributed by atoms with Crippen molar-refractivity contribution in [2.75, 3.05) is 11.1 Å². The fourth-order valence-corrected chi connectivity index (χ4v) is 4.26. The van der Waals surface area contributed by atoms with Gasteiger partial charge in [0, 0.05) is 10.9 Å². The van der Waals surface area contributed by atoms with Gasteiger partial charge in [0.15, 0.2) is 9.47 Å². The lowest BCUT2D eigenvalue weighted by Crippen LogP contribution is -2.22. The maximum Gasteiger partial charge on any atom is 0.239 e. The van der Waals surface area contributed by atoms with Crippen LogP contribution in [0.25, 0.3) is 11.3 Å². The molecule has 118 valence electrons. The number of amides is 1. The van der Waals surface area contributed by atoms with Gasteiger partial charge in [-0.05, 0) is 6.92 Å². The Labute approximate surface area is 145 Å². The van der Waals surface area contributed by atoms with Gasteiger partial charge in [-0.3, -0.25) is 4.79 Å². The Morgan fingerprint density at radius 2 is 2.09 bits per heavy atom. The molecule has 0 unspecified atom stereocenters. The molecule has 0 radical (unpaired) electrons. The fourth-order valence-electron chi connectivity index (χ4n) is 1.75. The number of thiazole rings is 1. The third kappa shape index (κ3) is 4.06. The number of nitrogens with two attached hydrogens (primary N) is 1. The molecule has 1 atom stereocenters. The molecule has 9 heteroatoms. The highest BCUT2D eigenvalue weighted by molar-refractivity contribution is 8.02. The van der Waals surface area contributed by atoms with Crippen LogP contribution in [-0.4, -0.2) is 26.3 Å². The number of aromatic nitrogens is 3. The van der Waals surface area contributed by atoms with Gasteiger partial charge in [-0.25, -0.2) is 4.98 Å². The summed E-state index contributed by atoms with van der Waals surface area (Å²) in [6.45, 7) is 1.81. The van der Waals surface area contributed by atoms with Gasteiger partial charge in [0.2, 0.25) is 11.0 Å². The number of thioether (sulfide) groups is 1. The van der Waals surface area contributed by atoms with E-state index >= 15 is 0 Å². The lowest BCUT2D eigenvalue weighted by Gasteiger charge is -2.07. The largest absolute Gasteiger partial charge is 0.374 e. The van der Waals surface area contributed by atoms with Crippen molar-refractivity contribution in [3.63, 3.8) is 0 Å². The van der Waals surface area contributed by atoms with Crippen molar-refractivity contribution in [2.24, 2.45) is 0 Å². The van der Waals surface area contributed by atoms with E-state index in [2.05, 4.69) is 20.5 Å². The van der Waals surface area contributed by atoms with E-state index in [0.717, 1.165) is 11.3 Å². The number of carbonyl (C=O) groups is 1. The first-order valence-electron chi connectivity index (χ1n) is 6.69. The first kappa shape index (κ1) is 15.9. The van der Waals surface area contributed by atoms with Crippen molar-refractivity contribution < 1.29 is 4.79 Å². The van der Waals surface area contributed by atoms with E-state index in [1.807, 2.05) is 42.6 Å². The van der Waals surface area contributed by atoms with Crippen LogP contribution < -0.4 is 11.1 Å². The minimum absolute atomic E-state index is 0.127. The number of nitrogen functional groups attached to an aromatic ring is 1. The summed E-state index contributed by atoms with van der Waals surface area (Å²) in [5.74, 6) is -0.127. The first-order chi connectivity index (χ1) is 11.1. The third-order valence-electron chi connectivity index (χ3n) is 2.87. The number of nitrogens with zero attached hydrogens (tertiary/aromatic N) is 3. The molecule has 3 rings (SSSR count). The summed E-state index contributed by atoms with van der Waals surface area (Å²) in [4.78, 5) is 16.7. The summed E-state index contributed by atoms with van der Waals surface area (Å²) in [7, 11) is 0. The Balaban J connectivity index is 1.63. The van der Waals surface area contributed by atoms with Crippen molar-refractivity contribution >= 4 is 50.6 Å². The molecular formula is C14H13N5OS3. The number of carbonyl (C=O) groups excluding carboxylic acids is 1. The lowest BCUT2D eigenvalue weighted by atomic mass is 10.2. The van der Waals surface area contributed by atoms with Crippen LogP contribution in [0.15, 0.2) is 40.1 Å². The normalized spacial score (nSPS) is 12.0. The number of nitrogens with one attached hydrogen (secondary N) is 1. The Hall–Kier alpha value is -1.97. The molecule has 6 nitrogen and oxygen atoms in total. The molecule has 2 heterocycles. The summed E-state index contributed by atoms with van der Waals surface area (Å²) < 4.78 is 0.675. The maximum atomic E-state index is 12.2. The Bertz CT molecular complexity index is 802. The molecular weight excluding hydrogens is 350 g/mol. The molecule has 0 bridgehead atoms. The van der Waals surface area contributed by atoms with E-state index < -0.39 is 0 Å². The molecule has 0 spiro atoms. The summed E-state index contributed by atoms with van der Waals surface area (Å²) in [6.07, 6.45) is 0. The molecule has 0 saturated carbocycles. The smallest absolute Gasteiger partial charge is 0.239 e. The number of rotatable bonds is 5. The highest BCUT2D eigenvalue weighted by Crippen LogP contribution is 2.29. The summed E-state index contributed by atoms with van der Waals surface area (Å²) >= 11 is 3.99. The van der Waals surface area contributed by atoms with Gasteiger partial charge in [-0.15, -0.1) is 21.5 Å². The van der Waals surface area contributed by atoms with Gasteiger partial charge in [-0.2, -0.15) is 0 Å². The van der Waals surface area contributed by atoms with Gasteiger partial charge < -0.3 is 11.1 Å². The van der Waals surface area contributed by atoms with Crippen molar-refractivity contribution in [1.82, 2.24) is 15.2 Å². The molecule has 3 aromatic rings. The van der Waals surface area contributed by atoms with E-state index in [1.54, 1.807) is 0 Å². The number of benzene rings is 1. The average Bonchev–Trinajstić information content (AvgIpc) is 3.17. The molecule has 1 aromatic carbocycles. The second-order valence-electron chi connectivity index (χ2n) is 4.56. The average molecular weight is 363 g/mol. The van der Waals surface area contributed by atoms with Crippen LogP contribution in [0.2, 0.25) is 0 Å². The molecule has 0 fully saturated rings. The highest BCUT2D eigenvalue weighted by atomic mass is 32.2. The predicted octanol–water partition coefficient (Wildman–Crippen LogP) is 3.36. The van der Waals surface area contributed by atoms with Crippen LogP contribution in [-0.2, 0) is 4.79 Å². The van der Waals surface area contributed by atoms with Crippen LogP contribution in [0, 0.1) is 0 Å². The highest BCUT2D eigenvalue weighted by Gasteiger charge is 2.18. The Morgan fingerprint density at radius 1 is 1.30 bits per heavy atom. The van der Waals surface area contributed by atoms with Gasteiger partial charge in [0.1, 0.15) is 0 Å². The van der Waals surface area contributed by atoms with Crippen molar-refractivity contribution in [3.05, 3.63) is 35.7 Å². The molecule has 1 amide bonds. The lowest BCUT2D eigenvalue weighted by molar-refractivity contribution is -0.115. The third-order valence-corrected chi connectivity index (χ3v) is 5.57. The van der Waals surface area contributed by atoms with Crippen LogP contribution in [0.1, 0.15) is 6.92 Å². The van der Waals surface area contributed by atoms with E-state index in [-0.39, 0.29) is 11.2 Å². The van der Waals surface area contributed by atoms with Gasteiger partial charge >= 0.3 is 0 Å². The fraction of sp³-hybridized carbons (Fsp3) is 0.143. The summed E-state index contributed by atoms with van der Waals surface area (Å²) in [6, 6.07) is 9.84. The quantitative estimate of drug-likeness (QED) is 0.675. The van der Waals surface area contributed by atoms with Crippen molar-refractivity contribution in [1.29, 1.82) is 0 Å². The second-order valence-corrected chi connectivity index (χ2v) is 8.01. The molecule has 0 aliphatic carbocycles. The number of anilines is 2. The van der Waals surface area contributed by atoms with Crippen LogP contribution in [0.4, 0.5) is 10.3 Å². The summed E-state index contributed by atoms with van der Waals surface area (Å²) in [5.41, 5.74) is 7.41. The zero-order valence-electron chi connectivity index (χ0n) is 12.1. The predicted molar refractivity (Wildman–Crippen MR) is 95.8 cm³/mol. The molecule has 3 N–H and O–H groups in total. The molecule has 0 aliphatic rings. The minimum atomic E-state index is -0.313. The standard InChI is InChI=1S/C14H13N5OS3/c1-8(22-14-19-18-12(15)23-14)11(20)17-13-16-10(7-21-13)9-5-3-2-4-6-9/h2-8H,1H3,(H2,15,18)(H,16,17,20)/t8-/m0/s1. The zero-order chi connectivity index (χ0) is 16.2. The zero-order valence-corrected chi connectivity index (χ0v) is 14.5. The van der Waals surface area contributed by atoms with Crippen LogP contribution in [0.3, 0.4) is 0 Å². The van der Waals surface area contributed by atoms with E-state index in [0.29, 0.717) is 14.6 Å². The molecule has 0 saturated heterocycles. The number of hydrogen-bond acceptors (Lipinski definition) is 8. The molecule has 2 aromatic heterocycles. The van der Waals surface area contributed by atoms with Gasteiger partial charge in [0.05, 0.1) is 10.9 Å². The molecule has 0 aliphatic heterocycles. The van der Waals surface area contributed by atoms with E-state index in [4.69, 9.17) is 5.73 Å². The van der Waals surface area contributed by atoms with Gasteiger partial charge in [0.25, 0.3) is 0 Å². The maximum absolute atomic E-state index is 12.2. The van der Waals surface area contributed by atoms with Crippen molar-refractivity contribution in [3.8, 4) is 11.3 Å². The summed E-state index contributed by atoms with van der Waals surface area (Å²) in [5, 5.41) is 13.1. The molecule has 23 heavy (non-hydrogen) atoms. The van der Waals surface area contributed by atoms with E-state index in [9.17, 15) is 4.79 Å². The van der Waals surface area contributed by atoms with Gasteiger partial charge in [-0.1, -0.05) is 53.4 Å². The van der Waals surface area contributed by atoms with E-state index in [1.165, 1.54) is 34.4 Å². The topological polar surface area (TPSA) is 93.8 Å². The number of hydrogen-bond donors (Lipinski definition) is 2. The first-order valence-corrected chi connectivity index (χ1v) is 9.27. The monoisotopic (exact) mass is 363 g/mol. The second kappa shape index (κ2) is 7.07. The Morgan fingerprint density at radius 3 is 2.78 bits per heavy atom. The van der Waals surface area contributed by atoms with Crippen molar-refractivity contribution in [2.45, 2.75) is 16.5 Å².